The molecule has 10 aromatic carbocycles. The summed E-state index contributed by atoms with van der Waals surface area (Å²) in [6.07, 6.45) is 0. The van der Waals surface area contributed by atoms with Crippen molar-refractivity contribution in [3.8, 4) is 44.5 Å². The summed E-state index contributed by atoms with van der Waals surface area (Å²) >= 11 is 0. The number of rotatable bonds is 3. The first kappa shape index (κ1) is 30.2. The van der Waals surface area contributed by atoms with Crippen LogP contribution in [0, 0.1) is 0 Å². The van der Waals surface area contributed by atoms with Crippen LogP contribution in [0.25, 0.3) is 98.4 Å². The van der Waals surface area contributed by atoms with Gasteiger partial charge in [0.1, 0.15) is 0 Å². The van der Waals surface area contributed by atoms with Gasteiger partial charge >= 0.3 is 0 Å². The zero-order valence-corrected chi connectivity index (χ0v) is 29.8. The van der Waals surface area contributed by atoms with Crippen LogP contribution in [-0.4, -0.2) is 0 Å². The van der Waals surface area contributed by atoms with Crippen LogP contribution < -0.4 is 0 Å². The zero-order chi connectivity index (χ0) is 35.3. The Morgan fingerprint density at radius 3 is 1.51 bits per heavy atom. The number of hydrogen-bond donors (Lipinski definition) is 0. The number of hydrogen-bond acceptors (Lipinski definition) is 0. The van der Waals surface area contributed by atoms with E-state index in [0.717, 1.165) is 0 Å². The van der Waals surface area contributed by atoms with Gasteiger partial charge in [0.2, 0.25) is 0 Å². The number of fused-ring (bicyclic) bond motifs is 10. The molecule has 0 aliphatic heterocycles. The molecule has 0 nitrogen and oxygen atoms in total. The van der Waals surface area contributed by atoms with Gasteiger partial charge in [-0.1, -0.05) is 190 Å². The van der Waals surface area contributed by atoms with Crippen LogP contribution in [0.3, 0.4) is 0 Å². The molecule has 0 aromatic heterocycles. The molecule has 1 aliphatic rings. The molecule has 0 saturated heterocycles. The first-order valence-electron chi connectivity index (χ1n) is 18.7. The second kappa shape index (κ2) is 11.2. The van der Waals surface area contributed by atoms with Crippen LogP contribution in [-0.2, 0) is 5.41 Å². The van der Waals surface area contributed by atoms with Crippen LogP contribution in [0.4, 0.5) is 0 Å². The summed E-state index contributed by atoms with van der Waals surface area (Å²) < 4.78 is 0. The summed E-state index contributed by atoms with van der Waals surface area (Å²) in [6, 6.07) is 67.8. The fraction of sp³-hybridized carbons (Fsp3) is 0.0566. The van der Waals surface area contributed by atoms with Gasteiger partial charge in [-0.15, -0.1) is 0 Å². The molecule has 0 unspecified atom stereocenters. The Labute approximate surface area is 309 Å². The van der Waals surface area contributed by atoms with Crippen molar-refractivity contribution in [3.05, 3.63) is 193 Å². The predicted molar refractivity (Wildman–Crippen MR) is 228 cm³/mol. The van der Waals surface area contributed by atoms with Crippen LogP contribution in [0.5, 0.6) is 0 Å². The van der Waals surface area contributed by atoms with E-state index in [1.54, 1.807) is 0 Å². The molecule has 11 rings (SSSR count). The molecule has 0 atom stereocenters. The molecule has 0 fully saturated rings. The summed E-state index contributed by atoms with van der Waals surface area (Å²) in [7, 11) is 0. The summed E-state index contributed by atoms with van der Waals surface area (Å²) in [5, 5.41) is 12.9. The fourth-order valence-electron chi connectivity index (χ4n) is 9.70. The quantitative estimate of drug-likeness (QED) is 0.129. The van der Waals surface area contributed by atoms with Crippen LogP contribution in [0.2, 0.25) is 0 Å². The topological polar surface area (TPSA) is 0 Å². The second-order valence-corrected chi connectivity index (χ2v) is 15.2. The van der Waals surface area contributed by atoms with Crippen molar-refractivity contribution in [2.75, 3.05) is 0 Å². The van der Waals surface area contributed by atoms with Crippen LogP contribution in [0.15, 0.2) is 182 Å². The maximum Gasteiger partial charge on any atom is 0.0165 e. The molecule has 0 heterocycles. The Balaban J connectivity index is 1.14. The highest BCUT2D eigenvalue weighted by Crippen LogP contribution is 2.56. The van der Waals surface area contributed by atoms with Crippen molar-refractivity contribution in [3.63, 3.8) is 0 Å². The van der Waals surface area contributed by atoms with E-state index in [9.17, 15) is 0 Å². The van der Waals surface area contributed by atoms with Gasteiger partial charge in [-0.2, -0.15) is 0 Å². The van der Waals surface area contributed by atoms with E-state index in [2.05, 4.69) is 196 Å². The van der Waals surface area contributed by atoms with Crippen molar-refractivity contribution < 1.29 is 0 Å². The van der Waals surface area contributed by atoms with Gasteiger partial charge in [0.05, 0.1) is 0 Å². The minimum atomic E-state index is -0.120. The van der Waals surface area contributed by atoms with Crippen molar-refractivity contribution in [1.82, 2.24) is 0 Å². The van der Waals surface area contributed by atoms with Gasteiger partial charge in [-0.3, -0.25) is 0 Å². The van der Waals surface area contributed by atoms with Gasteiger partial charge in [0.25, 0.3) is 0 Å². The molecule has 0 saturated carbocycles. The molecule has 0 heteroatoms. The highest BCUT2D eigenvalue weighted by molar-refractivity contribution is 6.23. The van der Waals surface area contributed by atoms with Gasteiger partial charge in [-0.25, -0.2) is 0 Å². The summed E-state index contributed by atoms with van der Waals surface area (Å²) in [5.74, 6) is 0. The summed E-state index contributed by atoms with van der Waals surface area (Å²) in [4.78, 5) is 0. The Morgan fingerprint density at radius 2 is 0.830 bits per heavy atom. The smallest absolute Gasteiger partial charge is 0.0165 e. The van der Waals surface area contributed by atoms with E-state index in [0.29, 0.717) is 0 Å². The van der Waals surface area contributed by atoms with Crippen molar-refractivity contribution >= 4 is 53.9 Å². The molecule has 0 spiro atoms. The summed E-state index contributed by atoms with van der Waals surface area (Å²) in [6.45, 7) is 4.80. The van der Waals surface area contributed by atoms with E-state index >= 15 is 0 Å². The normalized spacial score (nSPS) is 13.2. The minimum Gasteiger partial charge on any atom is -0.0616 e. The maximum absolute atomic E-state index is 2.40. The van der Waals surface area contributed by atoms with E-state index < -0.39 is 0 Å². The lowest BCUT2D eigenvalue weighted by atomic mass is 9.79. The first-order chi connectivity index (χ1) is 26.1. The summed E-state index contributed by atoms with van der Waals surface area (Å²) in [5.41, 5.74) is 13.1. The molecular weight excluding hydrogens is 637 g/mol. The Hall–Kier alpha value is -6.50. The Morgan fingerprint density at radius 1 is 0.302 bits per heavy atom. The fourth-order valence-corrected chi connectivity index (χ4v) is 9.70. The largest absolute Gasteiger partial charge is 0.0616 e. The molecule has 1 aliphatic carbocycles. The lowest BCUT2D eigenvalue weighted by molar-refractivity contribution is 0.666. The average Bonchev–Trinajstić information content (AvgIpc) is 3.46. The van der Waals surface area contributed by atoms with Gasteiger partial charge in [-0.05, 0) is 116 Å². The highest BCUT2D eigenvalue weighted by atomic mass is 14.4. The van der Waals surface area contributed by atoms with Crippen LogP contribution in [0.1, 0.15) is 25.0 Å². The SMILES string of the molecule is CC1(C)c2cccc(-c3c4ccccc4c(-c4ccc(-c5cc6ccccc6c6ccccc56)cc4)c4ccccc34)c2-c2ccc3ccccc3c21. The van der Waals surface area contributed by atoms with Crippen molar-refractivity contribution in [1.29, 1.82) is 0 Å². The number of benzene rings is 10. The first-order valence-corrected chi connectivity index (χ1v) is 18.7. The maximum atomic E-state index is 2.40. The third-order valence-corrected chi connectivity index (χ3v) is 12.0. The van der Waals surface area contributed by atoms with E-state index in [1.165, 1.54) is 109 Å². The van der Waals surface area contributed by atoms with Gasteiger partial charge in [0, 0.05) is 5.41 Å². The Bertz CT molecular complexity index is 3060. The molecule has 248 valence electrons. The monoisotopic (exact) mass is 672 g/mol. The average molecular weight is 673 g/mol. The van der Waals surface area contributed by atoms with Crippen LogP contribution >= 0.6 is 0 Å². The predicted octanol–water partition coefficient (Wildman–Crippen LogP) is 14.8. The standard InChI is InChI=1S/C53H36/c1-53(2)48-25-13-24-45(51(48)46-31-30-33-14-3-6-17-38(33)52(46)53)50-43-22-11-9-20-41(43)49(42-21-10-12-23-44(42)50)35-28-26-34(27-29-35)47-32-36-15-4-5-16-37(36)39-18-7-8-19-40(39)47/h3-32H,1-2H3. The molecule has 0 radical (unpaired) electrons. The lowest BCUT2D eigenvalue weighted by Crippen LogP contribution is -2.15. The molecule has 53 heavy (non-hydrogen) atoms. The zero-order valence-electron chi connectivity index (χ0n) is 29.8. The highest BCUT2D eigenvalue weighted by Gasteiger charge is 2.38. The molecule has 0 N–H and O–H groups in total. The molecule has 0 amide bonds. The third kappa shape index (κ3) is 4.30. The van der Waals surface area contributed by atoms with Gasteiger partial charge in [0.15, 0.2) is 0 Å². The van der Waals surface area contributed by atoms with E-state index in [-0.39, 0.29) is 5.41 Å². The van der Waals surface area contributed by atoms with E-state index in [1.807, 2.05) is 0 Å². The van der Waals surface area contributed by atoms with E-state index in [4.69, 9.17) is 0 Å². The lowest BCUT2D eigenvalue weighted by Gasteiger charge is -2.23. The third-order valence-electron chi connectivity index (χ3n) is 12.0. The Kier molecular flexibility index (Phi) is 6.40. The van der Waals surface area contributed by atoms with Crippen molar-refractivity contribution in [2.24, 2.45) is 0 Å². The minimum absolute atomic E-state index is 0.120. The van der Waals surface area contributed by atoms with Gasteiger partial charge < -0.3 is 0 Å². The second-order valence-electron chi connectivity index (χ2n) is 15.2. The molecule has 10 aromatic rings. The molecular formula is C53H36. The molecule has 0 bridgehead atoms. The van der Waals surface area contributed by atoms with Crippen molar-refractivity contribution in [2.45, 2.75) is 19.3 Å².